The highest BCUT2D eigenvalue weighted by molar-refractivity contribution is 6.30. The van der Waals surface area contributed by atoms with Crippen molar-refractivity contribution in [3.05, 3.63) is 34.9 Å². The van der Waals surface area contributed by atoms with Gasteiger partial charge in [0, 0.05) is 11.6 Å². The van der Waals surface area contributed by atoms with E-state index in [0.717, 1.165) is 5.56 Å². The fourth-order valence-corrected chi connectivity index (χ4v) is 1.36. The molecule has 1 aromatic carbocycles. The van der Waals surface area contributed by atoms with E-state index in [1.54, 1.807) is 18.2 Å². The first-order valence-electron chi connectivity index (χ1n) is 4.28. The summed E-state index contributed by atoms with van der Waals surface area (Å²) in [5.41, 5.74) is 0.806. The second-order valence-electron chi connectivity index (χ2n) is 2.94. The zero-order valence-electron chi connectivity index (χ0n) is 7.28. The Labute approximate surface area is 82.8 Å². The van der Waals surface area contributed by atoms with Gasteiger partial charge in [-0.2, -0.15) is 0 Å². The maximum absolute atomic E-state index is 9.61. The minimum Gasteiger partial charge on any atom is -0.396 e. The standard InChI is InChI=1S/C10H13ClO2/c11-9-4-1-3-8(7-9)10(13)5-2-6-12/h1,3-4,7,10,12-13H,2,5-6H2. The number of rotatable bonds is 4. The molecule has 0 radical (unpaired) electrons. The zero-order valence-corrected chi connectivity index (χ0v) is 8.04. The van der Waals surface area contributed by atoms with Crippen molar-refractivity contribution in [2.75, 3.05) is 6.61 Å². The van der Waals surface area contributed by atoms with Crippen molar-refractivity contribution in [1.29, 1.82) is 0 Å². The van der Waals surface area contributed by atoms with Crippen LogP contribution < -0.4 is 0 Å². The molecule has 0 saturated heterocycles. The van der Waals surface area contributed by atoms with Gasteiger partial charge in [0.25, 0.3) is 0 Å². The van der Waals surface area contributed by atoms with Gasteiger partial charge in [0.15, 0.2) is 0 Å². The average molecular weight is 201 g/mol. The number of hydrogen-bond donors (Lipinski definition) is 2. The molecular formula is C10H13ClO2. The van der Waals surface area contributed by atoms with Crippen LogP contribution in [0.3, 0.4) is 0 Å². The van der Waals surface area contributed by atoms with Gasteiger partial charge in [0.2, 0.25) is 0 Å². The maximum atomic E-state index is 9.61. The van der Waals surface area contributed by atoms with Gasteiger partial charge in [0.05, 0.1) is 6.10 Å². The van der Waals surface area contributed by atoms with E-state index >= 15 is 0 Å². The van der Waals surface area contributed by atoms with E-state index in [0.29, 0.717) is 17.9 Å². The van der Waals surface area contributed by atoms with Crippen molar-refractivity contribution in [2.45, 2.75) is 18.9 Å². The van der Waals surface area contributed by atoms with E-state index in [-0.39, 0.29) is 6.61 Å². The van der Waals surface area contributed by atoms with Crippen LogP contribution in [0, 0.1) is 0 Å². The lowest BCUT2D eigenvalue weighted by Crippen LogP contribution is -1.98. The second-order valence-corrected chi connectivity index (χ2v) is 3.37. The molecule has 1 atom stereocenters. The van der Waals surface area contributed by atoms with Crippen LogP contribution in [-0.4, -0.2) is 16.8 Å². The van der Waals surface area contributed by atoms with E-state index < -0.39 is 6.10 Å². The Kier molecular flexibility index (Phi) is 4.22. The van der Waals surface area contributed by atoms with Crippen molar-refractivity contribution >= 4 is 11.6 Å². The summed E-state index contributed by atoms with van der Waals surface area (Å²) >= 11 is 5.76. The Morgan fingerprint density at radius 2 is 2.15 bits per heavy atom. The van der Waals surface area contributed by atoms with Crippen molar-refractivity contribution < 1.29 is 10.2 Å². The lowest BCUT2D eigenvalue weighted by Gasteiger charge is -2.09. The van der Waals surface area contributed by atoms with Crippen LogP contribution >= 0.6 is 11.6 Å². The number of aliphatic hydroxyl groups is 2. The fraction of sp³-hybridized carbons (Fsp3) is 0.400. The van der Waals surface area contributed by atoms with Crippen LogP contribution in [0.15, 0.2) is 24.3 Å². The minimum atomic E-state index is -0.522. The van der Waals surface area contributed by atoms with Crippen LogP contribution in [0.25, 0.3) is 0 Å². The molecule has 0 aliphatic heterocycles. The van der Waals surface area contributed by atoms with Gasteiger partial charge in [-0.15, -0.1) is 0 Å². The SMILES string of the molecule is OCCCC(O)c1cccc(Cl)c1. The largest absolute Gasteiger partial charge is 0.396 e. The number of aliphatic hydroxyl groups excluding tert-OH is 2. The molecule has 3 heteroatoms. The molecular weight excluding hydrogens is 188 g/mol. The molecule has 0 saturated carbocycles. The van der Waals surface area contributed by atoms with E-state index in [1.165, 1.54) is 0 Å². The summed E-state index contributed by atoms with van der Waals surface area (Å²) in [4.78, 5) is 0. The summed E-state index contributed by atoms with van der Waals surface area (Å²) in [6, 6.07) is 7.14. The molecule has 0 aromatic heterocycles. The highest BCUT2D eigenvalue weighted by Crippen LogP contribution is 2.20. The van der Waals surface area contributed by atoms with Crippen LogP contribution in [-0.2, 0) is 0 Å². The van der Waals surface area contributed by atoms with Crippen molar-refractivity contribution in [3.8, 4) is 0 Å². The number of hydrogen-bond acceptors (Lipinski definition) is 2. The number of benzene rings is 1. The number of halogens is 1. The Bertz CT molecular complexity index is 263. The first-order valence-corrected chi connectivity index (χ1v) is 4.66. The first-order chi connectivity index (χ1) is 6.24. The predicted molar refractivity (Wildman–Crippen MR) is 52.7 cm³/mol. The Hall–Kier alpha value is -0.570. The lowest BCUT2D eigenvalue weighted by atomic mass is 10.1. The molecule has 1 rings (SSSR count). The topological polar surface area (TPSA) is 40.5 Å². The van der Waals surface area contributed by atoms with Gasteiger partial charge in [-0.1, -0.05) is 23.7 Å². The van der Waals surface area contributed by atoms with Gasteiger partial charge >= 0.3 is 0 Å². The third kappa shape index (κ3) is 3.35. The third-order valence-corrected chi connectivity index (χ3v) is 2.10. The van der Waals surface area contributed by atoms with Gasteiger partial charge < -0.3 is 10.2 Å². The predicted octanol–water partition coefficient (Wildman–Crippen LogP) is 2.15. The molecule has 2 N–H and O–H groups in total. The molecule has 13 heavy (non-hydrogen) atoms. The summed E-state index contributed by atoms with van der Waals surface area (Å²) < 4.78 is 0. The molecule has 0 spiro atoms. The lowest BCUT2D eigenvalue weighted by molar-refractivity contribution is 0.152. The molecule has 72 valence electrons. The molecule has 0 aliphatic carbocycles. The molecule has 0 amide bonds. The maximum Gasteiger partial charge on any atom is 0.0791 e. The van der Waals surface area contributed by atoms with Crippen LogP contribution in [0.4, 0.5) is 0 Å². The molecule has 0 aliphatic rings. The fourth-order valence-electron chi connectivity index (χ4n) is 1.17. The van der Waals surface area contributed by atoms with Gasteiger partial charge in [-0.3, -0.25) is 0 Å². The Balaban J connectivity index is 2.60. The summed E-state index contributed by atoms with van der Waals surface area (Å²) in [5, 5.41) is 18.8. The second kappa shape index (κ2) is 5.22. The monoisotopic (exact) mass is 200 g/mol. The van der Waals surface area contributed by atoms with Crippen molar-refractivity contribution in [2.24, 2.45) is 0 Å². The van der Waals surface area contributed by atoms with E-state index in [1.807, 2.05) is 6.07 Å². The van der Waals surface area contributed by atoms with Crippen molar-refractivity contribution in [3.63, 3.8) is 0 Å². The molecule has 0 heterocycles. The molecule has 0 fully saturated rings. The molecule has 1 aromatic rings. The summed E-state index contributed by atoms with van der Waals surface area (Å²) in [5.74, 6) is 0. The minimum absolute atomic E-state index is 0.109. The van der Waals surface area contributed by atoms with Gasteiger partial charge in [0.1, 0.15) is 0 Å². The van der Waals surface area contributed by atoms with Gasteiger partial charge in [-0.05, 0) is 30.5 Å². The molecule has 1 unspecified atom stereocenters. The zero-order chi connectivity index (χ0) is 9.68. The van der Waals surface area contributed by atoms with E-state index in [9.17, 15) is 5.11 Å². The Morgan fingerprint density at radius 1 is 1.38 bits per heavy atom. The molecule has 0 bridgehead atoms. The first kappa shape index (κ1) is 10.5. The van der Waals surface area contributed by atoms with Crippen LogP contribution in [0.2, 0.25) is 5.02 Å². The third-order valence-electron chi connectivity index (χ3n) is 1.87. The van der Waals surface area contributed by atoms with Gasteiger partial charge in [-0.25, -0.2) is 0 Å². The highest BCUT2D eigenvalue weighted by Gasteiger charge is 2.06. The summed E-state index contributed by atoms with van der Waals surface area (Å²) in [7, 11) is 0. The quantitative estimate of drug-likeness (QED) is 0.782. The van der Waals surface area contributed by atoms with E-state index in [4.69, 9.17) is 16.7 Å². The highest BCUT2D eigenvalue weighted by atomic mass is 35.5. The van der Waals surface area contributed by atoms with Crippen LogP contribution in [0.5, 0.6) is 0 Å². The van der Waals surface area contributed by atoms with Crippen LogP contribution in [0.1, 0.15) is 24.5 Å². The Morgan fingerprint density at radius 3 is 2.77 bits per heavy atom. The van der Waals surface area contributed by atoms with E-state index in [2.05, 4.69) is 0 Å². The summed E-state index contributed by atoms with van der Waals surface area (Å²) in [6.07, 6.45) is 0.649. The average Bonchev–Trinajstić information content (AvgIpc) is 2.14. The summed E-state index contributed by atoms with van der Waals surface area (Å²) in [6.45, 7) is 0.109. The normalized spacial score (nSPS) is 12.8. The molecule has 2 nitrogen and oxygen atoms in total. The van der Waals surface area contributed by atoms with Crippen molar-refractivity contribution in [1.82, 2.24) is 0 Å². The smallest absolute Gasteiger partial charge is 0.0791 e.